The fraction of sp³-hybridized carbons (Fsp3) is 0.235. The number of amides is 1. The maximum Gasteiger partial charge on any atom is 0.259 e. The third kappa shape index (κ3) is 3.36. The molecule has 0 aliphatic carbocycles. The zero-order chi connectivity index (χ0) is 17.0. The zero-order valence-corrected chi connectivity index (χ0v) is 13.4. The van der Waals surface area contributed by atoms with Crippen LogP contribution in [-0.4, -0.2) is 27.2 Å². The van der Waals surface area contributed by atoms with Gasteiger partial charge >= 0.3 is 0 Å². The number of hydrogen-bond donors (Lipinski definition) is 1. The first-order valence-corrected chi connectivity index (χ1v) is 6.88. The van der Waals surface area contributed by atoms with Crippen LogP contribution in [-0.2, 0) is 0 Å². The van der Waals surface area contributed by atoms with E-state index in [-0.39, 0.29) is 17.1 Å². The highest BCUT2D eigenvalue weighted by Crippen LogP contribution is 2.40. The van der Waals surface area contributed by atoms with Crippen LogP contribution in [0.1, 0.15) is 15.9 Å². The Morgan fingerprint density at radius 1 is 1.00 bits per heavy atom. The second kappa shape index (κ2) is 7.00. The molecule has 23 heavy (non-hydrogen) atoms. The smallest absolute Gasteiger partial charge is 0.259 e. The van der Waals surface area contributed by atoms with E-state index < -0.39 is 5.91 Å². The van der Waals surface area contributed by atoms with Crippen molar-refractivity contribution in [2.24, 2.45) is 0 Å². The highest BCUT2D eigenvalue weighted by molar-refractivity contribution is 6.07. The van der Waals surface area contributed by atoms with Crippen molar-refractivity contribution in [2.45, 2.75) is 6.92 Å². The third-order valence-electron chi connectivity index (χ3n) is 3.39. The van der Waals surface area contributed by atoms with E-state index >= 15 is 0 Å². The standard InChI is InChI=1S/C17H18FNO4/c1-10-9-11(18)5-7-13(10)19-17(20)12-6-8-14(21-2)16(23-4)15(12)22-3/h5-9H,1-4H3,(H,19,20). The molecule has 0 aromatic heterocycles. The van der Waals surface area contributed by atoms with E-state index in [0.717, 1.165) is 0 Å². The normalized spacial score (nSPS) is 10.1. The Bertz CT molecular complexity index is 731. The monoisotopic (exact) mass is 319 g/mol. The lowest BCUT2D eigenvalue weighted by Gasteiger charge is -2.16. The molecule has 1 amide bonds. The maximum absolute atomic E-state index is 13.1. The van der Waals surface area contributed by atoms with E-state index in [9.17, 15) is 9.18 Å². The molecule has 0 aliphatic heterocycles. The van der Waals surface area contributed by atoms with Crippen molar-refractivity contribution in [3.8, 4) is 17.2 Å². The maximum atomic E-state index is 13.1. The molecule has 0 unspecified atom stereocenters. The Morgan fingerprint density at radius 3 is 2.26 bits per heavy atom. The van der Waals surface area contributed by atoms with Crippen molar-refractivity contribution in [1.82, 2.24) is 0 Å². The highest BCUT2D eigenvalue weighted by Gasteiger charge is 2.21. The number of hydrogen-bond acceptors (Lipinski definition) is 4. The van der Waals surface area contributed by atoms with Crippen LogP contribution in [0.15, 0.2) is 30.3 Å². The first kappa shape index (κ1) is 16.6. The molecule has 0 radical (unpaired) electrons. The second-order valence-corrected chi connectivity index (χ2v) is 4.80. The summed E-state index contributed by atoms with van der Waals surface area (Å²) in [5.74, 6) is 0.308. The van der Waals surface area contributed by atoms with Crippen molar-refractivity contribution in [3.05, 3.63) is 47.3 Å². The molecule has 0 spiro atoms. The third-order valence-corrected chi connectivity index (χ3v) is 3.39. The topological polar surface area (TPSA) is 56.8 Å². The quantitative estimate of drug-likeness (QED) is 0.917. The lowest BCUT2D eigenvalue weighted by molar-refractivity contribution is 0.102. The van der Waals surface area contributed by atoms with Crippen molar-refractivity contribution in [2.75, 3.05) is 26.6 Å². The minimum Gasteiger partial charge on any atom is -0.493 e. The van der Waals surface area contributed by atoms with Crippen molar-refractivity contribution in [3.63, 3.8) is 0 Å². The summed E-state index contributed by atoms with van der Waals surface area (Å²) >= 11 is 0. The summed E-state index contributed by atoms with van der Waals surface area (Å²) in [4.78, 5) is 12.5. The molecule has 1 N–H and O–H groups in total. The van der Waals surface area contributed by atoms with Crippen LogP contribution in [0, 0.1) is 12.7 Å². The van der Waals surface area contributed by atoms with Gasteiger partial charge in [-0.3, -0.25) is 4.79 Å². The number of carbonyl (C=O) groups is 1. The van der Waals surface area contributed by atoms with Gasteiger partial charge in [0, 0.05) is 5.69 Å². The van der Waals surface area contributed by atoms with E-state index in [1.807, 2.05) is 0 Å². The fourth-order valence-electron chi connectivity index (χ4n) is 2.24. The number of aryl methyl sites for hydroxylation is 1. The minimum atomic E-state index is -0.391. The molecule has 0 bridgehead atoms. The number of nitrogens with one attached hydrogen (secondary N) is 1. The Balaban J connectivity index is 2.39. The molecule has 5 nitrogen and oxygen atoms in total. The van der Waals surface area contributed by atoms with Gasteiger partial charge in [0.15, 0.2) is 11.5 Å². The molecule has 2 aromatic carbocycles. The van der Waals surface area contributed by atoms with Gasteiger partial charge in [-0.2, -0.15) is 0 Å². The number of benzene rings is 2. The number of ether oxygens (including phenoxy) is 3. The van der Waals surface area contributed by atoms with Crippen LogP contribution in [0.5, 0.6) is 17.2 Å². The summed E-state index contributed by atoms with van der Waals surface area (Å²) in [5.41, 5.74) is 1.43. The summed E-state index contributed by atoms with van der Waals surface area (Å²) in [5, 5.41) is 2.74. The molecular weight excluding hydrogens is 301 g/mol. The molecule has 122 valence electrons. The van der Waals surface area contributed by atoms with Gasteiger partial charge in [0.2, 0.25) is 5.75 Å². The molecule has 0 atom stereocenters. The van der Waals surface area contributed by atoms with E-state index in [1.54, 1.807) is 19.1 Å². The SMILES string of the molecule is COc1ccc(C(=O)Nc2ccc(F)cc2C)c(OC)c1OC. The number of halogens is 1. The van der Waals surface area contributed by atoms with E-state index in [4.69, 9.17) is 14.2 Å². The zero-order valence-electron chi connectivity index (χ0n) is 13.4. The summed E-state index contributed by atoms with van der Waals surface area (Å²) in [6, 6.07) is 7.34. The van der Waals surface area contributed by atoms with Gasteiger partial charge in [-0.1, -0.05) is 0 Å². The molecule has 0 aliphatic rings. The lowest BCUT2D eigenvalue weighted by Crippen LogP contribution is -2.14. The summed E-state index contributed by atoms with van der Waals surface area (Å²) in [7, 11) is 4.41. The lowest BCUT2D eigenvalue weighted by atomic mass is 10.1. The van der Waals surface area contributed by atoms with E-state index in [0.29, 0.717) is 22.7 Å². The highest BCUT2D eigenvalue weighted by atomic mass is 19.1. The predicted octanol–water partition coefficient (Wildman–Crippen LogP) is 3.41. The predicted molar refractivity (Wildman–Crippen MR) is 85.2 cm³/mol. The molecule has 0 heterocycles. The first-order valence-electron chi connectivity index (χ1n) is 6.88. The Morgan fingerprint density at radius 2 is 1.70 bits per heavy atom. The van der Waals surface area contributed by atoms with Crippen LogP contribution < -0.4 is 19.5 Å². The van der Waals surface area contributed by atoms with Crippen molar-refractivity contribution < 1.29 is 23.4 Å². The molecular formula is C17H18FNO4. The van der Waals surface area contributed by atoms with Gasteiger partial charge in [-0.05, 0) is 42.8 Å². The van der Waals surface area contributed by atoms with Gasteiger partial charge in [0.25, 0.3) is 5.91 Å². The van der Waals surface area contributed by atoms with Crippen LogP contribution in [0.2, 0.25) is 0 Å². The van der Waals surface area contributed by atoms with Crippen LogP contribution in [0.25, 0.3) is 0 Å². The molecule has 0 saturated carbocycles. The van der Waals surface area contributed by atoms with Gasteiger partial charge in [-0.15, -0.1) is 0 Å². The van der Waals surface area contributed by atoms with Crippen LogP contribution in [0.3, 0.4) is 0 Å². The van der Waals surface area contributed by atoms with E-state index in [2.05, 4.69) is 5.32 Å². The average molecular weight is 319 g/mol. The van der Waals surface area contributed by atoms with Gasteiger partial charge in [-0.25, -0.2) is 4.39 Å². The molecule has 0 fully saturated rings. The second-order valence-electron chi connectivity index (χ2n) is 4.80. The number of anilines is 1. The van der Waals surface area contributed by atoms with Gasteiger partial charge in [0.05, 0.1) is 26.9 Å². The van der Waals surface area contributed by atoms with Crippen molar-refractivity contribution >= 4 is 11.6 Å². The number of methoxy groups -OCH3 is 3. The largest absolute Gasteiger partial charge is 0.493 e. The molecule has 0 saturated heterocycles. The average Bonchev–Trinajstić information content (AvgIpc) is 2.55. The van der Waals surface area contributed by atoms with E-state index in [1.165, 1.54) is 39.5 Å². The number of carbonyl (C=O) groups excluding carboxylic acids is 1. The summed E-state index contributed by atoms with van der Waals surface area (Å²) in [6.45, 7) is 1.71. The molecule has 2 aromatic rings. The van der Waals surface area contributed by atoms with Crippen molar-refractivity contribution in [1.29, 1.82) is 0 Å². The summed E-state index contributed by atoms with van der Waals surface area (Å²) in [6.07, 6.45) is 0. The Hall–Kier alpha value is -2.76. The molecule has 6 heteroatoms. The van der Waals surface area contributed by atoms with Gasteiger partial charge in [0.1, 0.15) is 5.82 Å². The first-order chi connectivity index (χ1) is 11.0. The van der Waals surface area contributed by atoms with Gasteiger partial charge < -0.3 is 19.5 Å². The summed E-state index contributed by atoms with van der Waals surface area (Å²) < 4.78 is 28.9. The minimum absolute atomic E-state index is 0.268. The van der Waals surface area contributed by atoms with Crippen LogP contribution >= 0.6 is 0 Å². The molecule has 2 rings (SSSR count). The van der Waals surface area contributed by atoms with Crippen LogP contribution in [0.4, 0.5) is 10.1 Å². The Kier molecular flexibility index (Phi) is 5.05. The fourth-order valence-corrected chi connectivity index (χ4v) is 2.24. The number of rotatable bonds is 5. The Labute approximate surface area is 134 Å².